The molecule has 31 heteroatoms. The number of hydrogen-bond acceptors (Lipinski definition) is 21. The van der Waals surface area contributed by atoms with Crippen molar-refractivity contribution in [2.45, 2.75) is 154 Å². The summed E-state index contributed by atoms with van der Waals surface area (Å²) in [5.74, 6) is -1.11. The van der Waals surface area contributed by atoms with Crippen LogP contribution in [0.5, 0.6) is 0 Å². The lowest BCUT2D eigenvalue weighted by atomic mass is 9.87. The second-order valence-corrected chi connectivity index (χ2v) is 21.8. The summed E-state index contributed by atoms with van der Waals surface area (Å²) in [6.07, 6.45) is 10.4. The van der Waals surface area contributed by atoms with E-state index in [1.54, 1.807) is 0 Å². The molecule has 2 amide bonds. The van der Waals surface area contributed by atoms with Crippen molar-refractivity contribution in [3.05, 3.63) is 12.7 Å². The maximum atomic E-state index is 12.6. The van der Waals surface area contributed by atoms with Crippen molar-refractivity contribution >= 4 is 69.1 Å². The summed E-state index contributed by atoms with van der Waals surface area (Å²) >= 11 is 1.15. The van der Waals surface area contributed by atoms with E-state index in [1.807, 2.05) is 0 Å². The molecule has 3 unspecified atom stereocenters. The molecule has 3 heterocycles. The zero-order valence-corrected chi connectivity index (χ0v) is 44.1. The fraction of sp³-hybridized carbons (Fsp3) is 0.789. The molecule has 0 bridgehead atoms. The van der Waals surface area contributed by atoms with Crippen LogP contribution in [0.15, 0.2) is 12.7 Å². The average Bonchev–Trinajstić information content (AvgIpc) is 3.80. The van der Waals surface area contributed by atoms with Crippen molar-refractivity contribution in [1.82, 2.24) is 48.6 Å². The first-order valence-electron chi connectivity index (χ1n) is 22.0. The Morgan fingerprint density at radius 1 is 0.870 bits per heavy atom. The molecule has 3 rings (SSSR count). The van der Waals surface area contributed by atoms with E-state index in [-0.39, 0.29) is 60.1 Å². The highest BCUT2D eigenvalue weighted by atomic mass is 32.2. The number of amides is 2. The monoisotopic (exact) mass is 1070 g/mol. The number of aliphatic hydroxyl groups excluding tert-OH is 2. The lowest BCUT2D eigenvalue weighted by Gasteiger charge is -2.35. The number of unbranched alkanes of at least 4 members (excludes halogenated alkanes) is 13. The van der Waals surface area contributed by atoms with Crippen LogP contribution in [0.2, 0.25) is 0 Å². The Bertz CT molecular complexity index is 1990. The number of nitrogens with one attached hydrogen (secondary N) is 2. The van der Waals surface area contributed by atoms with E-state index in [4.69, 9.17) is 10.5 Å². The minimum Gasteiger partial charge on any atom is -0.756 e. The molecular formula is C38H77N10O17P3S. The van der Waals surface area contributed by atoms with Gasteiger partial charge in [0.25, 0.3) is 23.5 Å². The number of phosphoric acid groups is 3. The maximum Gasteiger partial charge on any atom is 0.274 e. The normalized spacial score (nSPS) is 20.0. The van der Waals surface area contributed by atoms with Crippen molar-refractivity contribution < 1.29 is 80.5 Å². The number of rotatable bonds is 34. The highest BCUT2D eigenvalue weighted by molar-refractivity contribution is 8.13. The van der Waals surface area contributed by atoms with E-state index in [1.165, 1.54) is 84.5 Å². The molecule has 2 aromatic heterocycles. The lowest BCUT2D eigenvalue weighted by Crippen LogP contribution is -2.46. The van der Waals surface area contributed by atoms with Crippen molar-refractivity contribution in [3.8, 4) is 0 Å². The van der Waals surface area contributed by atoms with Crippen LogP contribution in [0.25, 0.3) is 11.2 Å². The largest absolute Gasteiger partial charge is 0.756 e. The van der Waals surface area contributed by atoms with Gasteiger partial charge in [-0.2, -0.15) is 0 Å². The Balaban J connectivity index is 0.0000154. The Morgan fingerprint density at radius 3 is 2.01 bits per heavy atom. The number of nitrogen functional groups attached to an aromatic ring is 1. The van der Waals surface area contributed by atoms with Gasteiger partial charge in [-0.05, 0) is 6.42 Å². The van der Waals surface area contributed by atoms with E-state index in [0.717, 1.165) is 48.2 Å². The number of aliphatic hydroxyl groups is 2. The quantitative estimate of drug-likeness (QED) is 0.0356. The van der Waals surface area contributed by atoms with E-state index < -0.39 is 84.6 Å². The lowest BCUT2D eigenvalue weighted by molar-refractivity contribution is -0.247. The summed E-state index contributed by atoms with van der Waals surface area (Å²) in [5, 5.41) is 26.5. The highest BCUT2D eigenvalue weighted by Crippen LogP contribution is 2.56. The van der Waals surface area contributed by atoms with Gasteiger partial charge >= 0.3 is 0 Å². The molecular weight excluding hydrogens is 993 g/mol. The molecule has 8 atom stereocenters. The molecule has 19 N–H and O–H groups in total. The molecule has 69 heavy (non-hydrogen) atoms. The predicted octanol–water partition coefficient (Wildman–Crippen LogP) is 3.77. The fourth-order valence-corrected chi connectivity index (χ4v) is 10.3. The minimum atomic E-state index is -5.90. The molecule has 1 aliphatic rings. The summed E-state index contributed by atoms with van der Waals surface area (Å²) in [6.45, 7) is 2.46. The number of fused-ring (bicyclic) bond motifs is 1. The van der Waals surface area contributed by atoms with Gasteiger partial charge in [0.2, 0.25) is 11.8 Å². The summed E-state index contributed by atoms with van der Waals surface area (Å²) in [6, 6.07) is 0. The number of nitrogens with zero attached hydrogens (tertiary/aromatic N) is 4. The molecule has 2 aromatic rings. The summed E-state index contributed by atoms with van der Waals surface area (Å²) in [7, 11) is -17.3. The molecule has 0 spiro atoms. The molecule has 0 aromatic carbocycles. The van der Waals surface area contributed by atoms with Crippen LogP contribution in [0.3, 0.4) is 0 Å². The van der Waals surface area contributed by atoms with Crippen LogP contribution < -0.4 is 49.5 Å². The second kappa shape index (κ2) is 32.5. The number of anilines is 1. The Morgan fingerprint density at radius 2 is 1.43 bits per heavy atom. The van der Waals surface area contributed by atoms with Crippen LogP contribution >= 0.6 is 35.2 Å². The van der Waals surface area contributed by atoms with Crippen LogP contribution in [-0.2, 0) is 50.7 Å². The van der Waals surface area contributed by atoms with E-state index in [0.29, 0.717) is 12.2 Å². The number of quaternary nitrogens is 3. The van der Waals surface area contributed by atoms with Crippen LogP contribution in [-0.4, -0.2) is 108 Å². The van der Waals surface area contributed by atoms with Crippen LogP contribution in [0, 0.1) is 5.41 Å². The van der Waals surface area contributed by atoms with Gasteiger partial charge in [0.05, 0.1) is 19.5 Å². The van der Waals surface area contributed by atoms with Crippen molar-refractivity contribution in [2.75, 3.05) is 37.8 Å². The number of thioether (sulfide) groups is 1. The van der Waals surface area contributed by atoms with Crippen molar-refractivity contribution in [1.29, 1.82) is 0 Å². The van der Waals surface area contributed by atoms with Gasteiger partial charge in [-0.15, -0.1) is 0 Å². The molecule has 27 nitrogen and oxygen atoms in total. The van der Waals surface area contributed by atoms with Crippen LogP contribution in [0.1, 0.15) is 130 Å². The fourth-order valence-electron chi connectivity index (χ4n) is 6.81. The zero-order valence-electron chi connectivity index (χ0n) is 40.6. The maximum absolute atomic E-state index is 12.6. The zero-order chi connectivity index (χ0) is 49.0. The topological polar surface area (TPSA) is 482 Å². The van der Waals surface area contributed by atoms with Crippen molar-refractivity contribution in [2.24, 2.45) is 5.41 Å². The number of ether oxygens (including phenoxy) is 1. The van der Waals surface area contributed by atoms with Gasteiger partial charge in [0.1, 0.15) is 36.3 Å². The number of phosphoric ester groups is 3. The SMILES string of the molecule is CCCCCCCCCCCCCCCCC(=O)SCCNC(=O)CCNC(=O)[C@H](O)C(C)(C)COP(=O)([O-])OP(=O)([O-])OC[C@H]1O[C@@H](n2cnc3c(N)ncnc32)[C@H](O)[C@@H]1OP(=O)([O-])O.[NH4+].[NH4+].[NH4+]. The summed E-state index contributed by atoms with van der Waals surface area (Å²) in [4.78, 5) is 94.8. The number of hydrogen-bond donors (Lipinski definition) is 9. The minimum absolute atomic E-state index is 0. The van der Waals surface area contributed by atoms with Gasteiger partial charge in [0.15, 0.2) is 22.8 Å². The number of aromatic nitrogens is 4. The van der Waals surface area contributed by atoms with E-state index in [2.05, 4.69) is 50.4 Å². The molecule has 1 fully saturated rings. The van der Waals surface area contributed by atoms with Gasteiger partial charge in [-0.1, -0.05) is 116 Å². The molecule has 0 saturated carbocycles. The molecule has 0 aliphatic carbocycles. The Kier molecular flexibility index (Phi) is 31.3. The highest BCUT2D eigenvalue weighted by Gasteiger charge is 2.48. The molecule has 402 valence electrons. The third-order valence-electron chi connectivity index (χ3n) is 10.5. The first-order chi connectivity index (χ1) is 31.1. The summed E-state index contributed by atoms with van der Waals surface area (Å²) in [5.41, 5.74) is 4.14. The number of imidazole rings is 1. The predicted molar refractivity (Wildman–Crippen MR) is 253 cm³/mol. The van der Waals surface area contributed by atoms with Gasteiger partial charge in [-0.25, -0.2) is 19.3 Å². The molecule has 1 saturated heterocycles. The Labute approximate surface area is 407 Å². The van der Waals surface area contributed by atoms with Crippen molar-refractivity contribution in [3.63, 3.8) is 0 Å². The van der Waals surface area contributed by atoms with Crippen LogP contribution in [0.4, 0.5) is 5.82 Å². The number of carbonyl (C=O) groups excluding carboxylic acids is 3. The number of nitrogens with two attached hydrogens (primary N) is 1. The Hall–Kier alpha value is -2.56. The number of carbonyl (C=O) groups is 3. The second-order valence-electron chi connectivity index (χ2n) is 16.6. The molecule has 0 radical (unpaired) electrons. The van der Waals surface area contributed by atoms with Gasteiger partial charge in [0, 0.05) is 37.1 Å². The van der Waals surface area contributed by atoms with Gasteiger partial charge < -0.3 is 82.9 Å². The van der Waals surface area contributed by atoms with E-state index >= 15 is 0 Å². The standard InChI is InChI=1S/C38H68N7O17P3S.3H3N/c1-4-5-6-7-8-9-10-11-12-13-14-15-16-17-18-29(47)66-22-21-40-28(46)19-20-41-36(50)33(49)38(2,3)24-59-65(56,57)62-64(54,55)58-23-27-32(61-63(51,52)53)31(48)37(60-27)45-26-44-30-34(39)42-25-43-35(30)45;;;/h25-27,31-33,37,48-49H,4-24H2,1-3H3,(H,40,46)(H,41,50)(H,54,55)(H,56,57)(H2,39,42,43)(H2,51,52,53);3*1H3/t27-,31-,32-,33+,37-;;;/m1.../s1. The average molecular weight is 1070 g/mol. The smallest absolute Gasteiger partial charge is 0.274 e. The first-order valence-corrected chi connectivity index (χ1v) is 27.5. The van der Waals surface area contributed by atoms with Gasteiger partial charge in [-0.3, -0.25) is 32.6 Å². The molecule has 1 aliphatic heterocycles. The summed E-state index contributed by atoms with van der Waals surface area (Å²) < 4.78 is 61.1. The first kappa shape index (κ1) is 66.4. The van der Waals surface area contributed by atoms with E-state index in [9.17, 15) is 57.9 Å². The third-order valence-corrected chi connectivity index (χ3v) is 14.4. The third kappa shape index (κ3) is 24.6.